The quantitative estimate of drug-likeness (QED) is 0.542. The molecule has 1 heterocycles. The molecule has 0 bridgehead atoms. The number of aromatic nitrogens is 1. The number of para-hydroxylation sites is 1. The van der Waals surface area contributed by atoms with E-state index in [1.165, 1.54) is 24.4 Å². The van der Waals surface area contributed by atoms with E-state index in [4.69, 9.17) is 16.3 Å². The number of alkyl halides is 3. The molecule has 0 fully saturated rings. The van der Waals surface area contributed by atoms with Gasteiger partial charge in [0, 0.05) is 6.20 Å². The molecule has 0 aliphatic rings. The van der Waals surface area contributed by atoms with Crippen molar-refractivity contribution < 1.29 is 22.7 Å². The van der Waals surface area contributed by atoms with Gasteiger partial charge in [0.1, 0.15) is 11.4 Å². The number of urea groups is 1. The first-order chi connectivity index (χ1) is 13.3. The van der Waals surface area contributed by atoms with Crippen LogP contribution in [0.2, 0.25) is 5.02 Å². The number of halogens is 4. The van der Waals surface area contributed by atoms with E-state index in [2.05, 4.69) is 15.6 Å². The van der Waals surface area contributed by atoms with Gasteiger partial charge in [-0.15, -0.1) is 0 Å². The SMILES string of the molecule is O=C(Nc1ccccc1Cl)Nc1cccnc1Oc1cccc(C(F)(F)F)c1. The van der Waals surface area contributed by atoms with E-state index in [9.17, 15) is 18.0 Å². The van der Waals surface area contributed by atoms with Gasteiger partial charge in [-0.2, -0.15) is 13.2 Å². The Balaban J connectivity index is 1.77. The monoisotopic (exact) mass is 407 g/mol. The van der Waals surface area contributed by atoms with Crippen LogP contribution in [0.25, 0.3) is 0 Å². The third-order valence-corrected chi connectivity index (χ3v) is 3.85. The predicted octanol–water partition coefficient (Wildman–Crippen LogP) is 6.19. The lowest BCUT2D eigenvalue weighted by Crippen LogP contribution is -2.20. The third kappa shape index (κ3) is 4.92. The third-order valence-electron chi connectivity index (χ3n) is 3.52. The summed E-state index contributed by atoms with van der Waals surface area (Å²) in [4.78, 5) is 16.2. The molecule has 0 unspecified atom stereocenters. The first-order valence-corrected chi connectivity index (χ1v) is 8.33. The van der Waals surface area contributed by atoms with Crippen LogP contribution in [0.3, 0.4) is 0 Å². The smallest absolute Gasteiger partial charge is 0.416 e. The number of rotatable bonds is 4. The van der Waals surface area contributed by atoms with Crippen LogP contribution in [0.4, 0.5) is 29.3 Å². The molecule has 0 aliphatic heterocycles. The summed E-state index contributed by atoms with van der Waals surface area (Å²) in [6.45, 7) is 0. The summed E-state index contributed by atoms with van der Waals surface area (Å²) >= 11 is 5.99. The fourth-order valence-corrected chi connectivity index (χ4v) is 2.44. The fourth-order valence-electron chi connectivity index (χ4n) is 2.25. The van der Waals surface area contributed by atoms with Gasteiger partial charge in [0.05, 0.1) is 16.3 Å². The Morgan fingerprint density at radius 3 is 2.43 bits per heavy atom. The van der Waals surface area contributed by atoms with Gasteiger partial charge in [0.25, 0.3) is 0 Å². The molecule has 3 rings (SSSR count). The Hall–Kier alpha value is -3.26. The number of carbonyl (C=O) groups excluding carboxylic acids is 1. The van der Waals surface area contributed by atoms with Crippen LogP contribution >= 0.6 is 11.6 Å². The minimum Gasteiger partial charge on any atom is -0.437 e. The highest BCUT2D eigenvalue weighted by atomic mass is 35.5. The number of pyridine rings is 1. The number of hydrogen-bond acceptors (Lipinski definition) is 3. The molecule has 5 nitrogen and oxygen atoms in total. The molecule has 0 spiro atoms. The lowest BCUT2D eigenvalue weighted by molar-refractivity contribution is -0.137. The number of amides is 2. The van der Waals surface area contributed by atoms with Crippen molar-refractivity contribution in [2.24, 2.45) is 0 Å². The lowest BCUT2D eigenvalue weighted by Gasteiger charge is -2.13. The van der Waals surface area contributed by atoms with Gasteiger partial charge < -0.3 is 15.4 Å². The Kier molecular flexibility index (Phi) is 5.70. The van der Waals surface area contributed by atoms with Crippen LogP contribution in [0, 0.1) is 0 Å². The van der Waals surface area contributed by atoms with E-state index in [1.54, 1.807) is 30.3 Å². The molecule has 9 heteroatoms. The molecule has 0 aliphatic carbocycles. The van der Waals surface area contributed by atoms with Crippen molar-refractivity contribution >= 4 is 29.0 Å². The predicted molar refractivity (Wildman–Crippen MR) is 99.8 cm³/mol. The lowest BCUT2D eigenvalue weighted by atomic mass is 10.2. The van der Waals surface area contributed by atoms with Gasteiger partial charge in [-0.3, -0.25) is 0 Å². The second-order valence-corrected chi connectivity index (χ2v) is 5.95. The van der Waals surface area contributed by atoms with Crippen LogP contribution in [0.5, 0.6) is 11.6 Å². The maximum atomic E-state index is 12.9. The molecule has 1 aromatic heterocycles. The average molecular weight is 408 g/mol. The zero-order valence-corrected chi connectivity index (χ0v) is 14.9. The summed E-state index contributed by atoms with van der Waals surface area (Å²) in [5.41, 5.74) is -0.290. The largest absolute Gasteiger partial charge is 0.437 e. The number of nitrogens with one attached hydrogen (secondary N) is 2. The van der Waals surface area contributed by atoms with Gasteiger partial charge in [-0.25, -0.2) is 9.78 Å². The zero-order chi connectivity index (χ0) is 20.1. The second-order valence-electron chi connectivity index (χ2n) is 5.54. The minimum atomic E-state index is -4.50. The van der Waals surface area contributed by atoms with Gasteiger partial charge in [-0.05, 0) is 42.5 Å². The highest BCUT2D eigenvalue weighted by Gasteiger charge is 2.30. The van der Waals surface area contributed by atoms with Crippen molar-refractivity contribution in [3.8, 4) is 11.6 Å². The first kappa shape index (κ1) is 19.5. The maximum Gasteiger partial charge on any atom is 0.416 e. The van der Waals surface area contributed by atoms with Crippen LogP contribution in [0.1, 0.15) is 5.56 Å². The molecular formula is C19H13ClF3N3O2. The zero-order valence-electron chi connectivity index (χ0n) is 14.1. The van der Waals surface area contributed by atoms with E-state index in [1.807, 2.05) is 0 Å². The van der Waals surface area contributed by atoms with Gasteiger partial charge >= 0.3 is 12.2 Å². The van der Waals surface area contributed by atoms with Crippen LogP contribution < -0.4 is 15.4 Å². The number of ether oxygens (including phenoxy) is 1. The molecule has 2 N–H and O–H groups in total. The second kappa shape index (κ2) is 8.18. The van der Waals surface area contributed by atoms with Crippen molar-refractivity contribution in [3.63, 3.8) is 0 Å². The van der Waals surface area contributed by atoms with Crippen LogP contribution in [-0.4, -0.2) is 11.0 Å². The molecule has 28 heavy (non-hydrogen) atoms. The Morgan fingerprint density at radius 2 is 1.68 bits per heavy atom. The molecule has 2 aromatic carbocycles. The van der Waals surface area contributed by atoms with Crippen molar-refractivity contribution in [3.05, 3.63) is 77.4 Å². The van der Waals surface area contributed by atoms with E-state index < -0.39 is 17.8 Å². The molecule has 0 saturated carbocycles. The number of nitrogens with zero attached hydrogens (tertiary/aromatic N) is 1. The normalized spacial score (nSPS) is 11.0. The van der Waals surface area contributed by atoms with Crippen LogP contribution in [-0.2, 0) is 6.18 Å². The summed E-state index contributed by atoms with van der Waals surface area (Å²) in [5.74, 6) is -0.126. The molecule has 2 amide bonds. The highest BCUT2D eigenvalue weighted by Crippen LogP contribution is 2.33. The summed E-state index contributed by atoms with van der Waals surface area (Å²) in [5, 5.41) is 5.45. The standard InChI is InChI=1S/C19H13ClF3N3O2/c20-14-7-1-2-8-15(14)25-18(27)26-16-9-4-10-24-17(16)28-13-6-3-5-12(11-13)19(21,22)23/h1-11H,(H2,25,26,27). The molecule has 0 saturated heterocycles. The van der Waals surface area contributed by atoms with Crippen molar-refractivity contribution in [2.45, 2.75) is 6.18 Å². The molecule has 144 valence electrons. The van der Waals surface area contributed by atoms with E-state index in [-0.39, 0.29) is 17.3 Å². The molecular weight excluding hydrogens is 395 g/mol. The summed E-state index contributed by atoms with van der Waals surface area (Å²) in [7, 11) is 0. The average Bonchev–Trinajstić information content (AvgIpc) is 2.65. The number of carbonyl (C=O) groups is 1. The summed E-state index contributed by atoms with van der Waals surface area (Å²) < 4.78 is 44.0. The Morgan fingerprint density at radius 1 is 0.964 bits per heavy atom. The molecule has 0 atom stereocenters. The maximum absolute atomic E-state index is 12.9. The van der Waals surface area contributed by atoms with Gasteiger partial charge in [0.2, 0.25) is 5.88 Å². The Bertz CT molecular complexity index is 996. The summed E-state index contributed by atoms with van der Waals surface area (Å²) in [6, 6.07) is 13.4. The van der Waals surface area contributed by atoms with Gasteiger partial charge in [-0.1, -0.05) is 29.8 Å². The van der Waals surface area contributed by atoms with E-state index in [0.29, 0.717) is 10.7 Å². The van der Waals surface area contributed by atoms with Gasteiger partial charge in [0.15, 0.2) is 0 Å². The Labute approximate surface area is 163 Å². The highest BCUT2D eigenvalue weighted by molar-refractivity contribution is 6.33. The van der Waals surface area contributed by atoms with Crippen molar-refractivity contribution in [1.82, 2.24) is 4.98 Å². The molecule has 0 radical (unpaired) electrons. The fraction of sp³-hybridized carbons (Fsp3) is 0.0526. The minimum absolute atomic E-state index is 0.0591. The first-order valence-electron chi connectivity index (χ1n) is 7.95. The van der Waals surface area contributed by atoms with E-state index >= 15 is 0 Å². The summed E-state index contributed by atoms with van der Waals surface area (Å²) in [6.07, 6.45) is -3.11. The number of anilines is 2. The molecule has 3 aromatic rings. The topological polar surface area (TPSA) is 63.2 Å². The number of benzene rings is 2. The van der Waals surface area contributed by atoms with Crippen LogP contribution in [0.15, 0.2) is 66.9 Å². The van der Waals surface area contributed by atoms with Crippen molar-refractivity contribution in [1.29, 1.82) is 0 Å². The number of hydrogen-bond donors (Lipinski definition) is 2. The van der Waals surface area contributed by atoms with Crippen molar-refractivity contribution in [2.75, 3.05) is 10.6 Å². The van der Waals surface area contributed by atoms with E-state index in [0.717, 1.165) is 12.1 Å².